The van der Waals surface area contributed by atoms with Gasteiger partial charge in [-0.2, -0.15) is 0 Å². The topological polar surface area (TPSA) is 93.7 Å². The van der Waals surface area contributed by atoms with Crippen molar-refractivity contribution < 1.29 is 22.7 Å². The molecule has 0 fully saturated rings. The Bertz CT molecular complexity index is 964. The number of sulfonamides is 1. The Morgan fingerprint density at radius 2 is 1.85 bits per heavy atom. The van der Waals surface area contributed by atoms with Gasteiger partial charge in [0.15, 0.2) is 11.5 Å². The predicted molar refractivity (Wildman–Crippen MR) is 102 cm³/mol. The number of benzene rings is 2. The molecule has 0 unspecified atom stereocenters. The van der Waals surface area contributed by atoms with Gasteiger partial charge in [0.25, 0.3) is 0 Å². The molecule has 8 heteroatoms. The van der Waals surface area contributed by atoms with Gasteiger partial charge in [0.2, 0.25) is 15.9 Å². The maximum Gasteiger partial charge on any atom is 0.240 e. The van der Waals surface area contributed by atoms with E-state index in [1.807, 2.05) is 0 Å². The smallest absolute Gasteiger partial charge is 0.240 e. The summed E-state index contributed by atoms with van der Waals surface area (Å²) in [6.07, 6.45) is 5.28. The first kappa shape index (κ1) is 20.3. The van der Waals surface area contributed by atoms with Crippen LogP contribution in [0.5, 0.6) is 11.5 Å². The fourth-order valence-electron chi connectivity index (χ4n) is 2.28. The number of carbonyl (C=O) groups is 1. The Kier molecular flexibility index (Phi) is 6.82. The highest BCUT2D eigenvalue weighted by atomic mass is 32.2. The van der Waals surface area contributed by atoms with Crippen LogP contribution in [0.1, 0.15) is 12.0 Å². The molecule has 0 bridgehead atoms. The molecule has 0 aliphatic heterocycles. The Morgan fingerprint density at radius 3 is 2.52 bits per heavy atom. The van der Waals surface area contributed by atoms with Crippen molar-refractivity contribution in [3.05, 3.63) is 48.0 Å². The Hall–Kier alpha value is -3.02. The number of hydrogen-bond donors (Lipinski definition) is 2. The van der Waals surface area contributed by atoms with Crippen molar-refractivity contribution in [1.29, 1.82) is 0 Å². The van der Waals surface area contributed by atoms with Gasteiger partial charge < -0.3 is 14.8 Å². The lowest BCUT2D eigenvalue weighted by Crippen LogP contribution is -2.27. The third-order valence-electron chi connectivity index (χ3n) is 3.62. The standard InChI is InChI=1S/C19H20N2O5S/c1-4-14-6-5-7-15(12-14)21-19(22)10-11-20-27(23,24)16-8-9-17(25-2)18(13-16)26-3/h1,5-9,12-13,20H,10-11H2,2-3H3,(H,21,22). The third kappa shape index (κ3) is 5.48. The van der Waals surface area contributed by atoms with Crippen molar-refractivity contribution in [2.45, 2.75) is 11.3 Å². The van der Waals surface area contributed by atoms with Gasteiger partial charge in [-0.1, -0.05) is 12.0 Å². The number of hydrogen-bond acceptors (Lipinski definition) is 5. The summed E-state index contributed by atoms with van der Waals surface area (Å²) in [4.78, 5) is 12.0. The van der Waals surface area contributed by atoms with Crippen LogP contribution in [0.25, 0.3) is 0 Å². The first-order valence-electron chi connectivity index (χ1n) is 7.98. The van der Waals surface area contributed by atoms with Crippen LogP contribution in [0.15, 0.2) is 47.4 Å². The monoisotopic (exact) mass is 388 g/mol. The van der Waals surface area contributed by atoms with E-state index in [2.05, 4.69) is 16.0 Å². The fourth-order valence-corrected chi connectivity index (χ4v) is 3.32. The van der Waals surface area contributed by atoms with Gasteiger partial charge >= 0.3 is 0 Å². The molecule has 2 N–H and O–H groups in total. The van der Waals surface area contributed by atoms with Crippen LogP contribution in [0.4, 0.5) is 5.69 Å². The van der Waals surface area contributed by atoms with Crippen LogP contribution in [0.3, 0.4) is 0 Å². The van der Waals surface area contributed by atoms with E-state index in [4.69, 9.17) is 15.9 Å². The lowest BCUT2D eigenvalue weighted by Gasteiger charge is -2.11. The largest absolute Gasteiger partial charge is 0.493 e. The van der Waals surface area contributed by atoms with E-state index in [1.54, 1.807) is 24.3 Å². The first-order valence-corrected chi connectivity index (χ1v) is 9.46. The van der Waals surface area contributed by atoms with E-state index < -0.39 is 10.0 Å². The van der Waals surface area contributed by atoms with E-state index in [-0.39, 0.29) is 23.8 Å². The van der Waals surface area contributed by atoms with Crippen molar-refractivity contribution in [1.82, 2.24) is 4.72 Å². The summed E-state index contributed by atoms with van der Waals surface area (Å²) in [5, 5.41) is 2.67. The Labute approximate surface area is 158 Å². The minimum Gasteiger partial charge on any atom is -0.493 e. The SMILES string of the molecule is C#Cc1cccc(NC(=O)CCNS(=O)(=O)c2ccc(OC)c(OC)c2)c1. The number of nitrogens with one attached hydrogen (secondary N) is 2. The Balaban J connectivity index is 1.95. The fraction of sp³-hybridized carbons (Fsp3) is 0.211. The van der Waals surface area contributed by atoms with Gasteiger partial charge in [-0.3, -0.25) is 4.79 Å². The maximum atomic E-state index is 12.4. The molecule has 2 rings (SSSR count). The lowest BCUT2D eigenvalue weighted by molar-refractivity contribution is -0.116. The minimum atomic E-state index is -3.79. The second-order valence-electron chi connectivity index (χ2n) is 5.44. The zero-order chi connectivity index (χ0) is 19.9. The van der Waals surface area contributed by atoms with Crippen molar-refractivity contribution >= 4 is 21.6 Å². The van der Waals surface area contributed by atoms with Gasteiger partial charge in [0, 0.05) is 30.3 Å². The van der Waals surface area contributed by atoms with Gasteiger partial charge in [0.05, 0.1) is 19.1 Å². The lowest BCUT2D eigenvalue weighted by atomic mass is 10.2. The molecule has 0 saturated carbocycles. The molecule has 142 valence electrons. The molecule has 27 heavy (non-hydrogen) atoms. The highest BCUT2D eigenvalue weighted by molar-refractivity contribution is 7.89. The van der Waals surface area contributed by atoms with E-state index >= 15 is 0 Å². The summed E-state index contributed by atoms with van der Waals surface area (Å²) in [7, 11) is -0.911. The summed E-state index contributed by atoms with van der Waals surface area (Å²) in [6, 6.07) is 11.1. The van der Waals surface area contributed by atoms with Crippen LogP contribution in [0.2, 0.25) is 0 Å². The molecular formula is C19H20N2O5S. The van der Waals surface area contributed by atoms with E-state index in [0.29, 0.717) is 22.7 Å². The average Bonchev–Trinajstić information content (AvgIpc) is 2.67. The number of anilines is 1. The van der Waals surface area contributed by atoms with Crippen molar-refractivity contribution in [2.24, 2.45) is 0 Å². The number of ether oxygens (including phenoxy) is 2. The molecular weight excluding hydrogens is 368 g/mol. The first-order chi connectivity index (χ1) is 12.9. The molecule has 7 nitrogen and oxygen atoms in total. The zero-order valence-corrected chi connectivity index (χ0v) is 15.8. The molecule has 0 aliphatic carbocycles. The highest BCUT2D eigenvalue weighted by Crippen LogP contribution is 2.29. The minimum absolute atomic E-state index is 0.0160. The molecule has 2 aromatic carbocycles. The average molecular weight is 388 g/mol. The van der Waals surface area contributed by atoms with Gasteiger partial charge in [0.1, 0.15) is 0 Å². The molecule has 0 aromatic heterocycles. The van der Waals surface area contributed by atoms with Crippen molar-refractivity contribution in [3.8, 4) is 23.8 Å². The quantitative estimate of drug-likeness (QED) is 0.675. The van der Waals surface area contributed by atoms with Crippen molar-refractivity contribution in [3.63, 3.8) is 0 Å². The molecule has 0 radical (unpaired) electrons. The number of amides is 1. The second-order valence-corrected chi connectivity index (χ2v) is 7.20. The summed E-state index contributed by atoms with van der Waals surface area (Å²) in [5.41, 5.74) is 1.19. The molecule has 1 amide bonds. The van der Waals surface area contributed by atoms with E-state index in [9.17, 15) is 13.2 Å². The summed E-state index contributed by atoms with van der Waals surface area (Å²) in [5.74, 6) is 2.86. The van der Waals surface area contributed by atoms with Crippen LogP contribution >= 0.6 is 0 Å². The van der Waals surface area contributed by atoms with Crippen LogP contribution < -0.4 is 19.5 Å². The number of terminal acetylenes is 1. The Morgan fingerprint density at radius 1 is 1.11 bits per heavy atom. The maximum absolute atomic E-state index is 12.4. The van der Waals surface area contributed by atoms with Crippen LogP contribution in [-0.4, -0.2) is 35.1 Å². The van der Waals surface area contributed by atoms with E-state index in [1.165, 1.54) is 32.4 Å². The number of rotatable bonds is 8. The summed E-state index contributed by atoms with van der Waals surface area (Å²) in [6.45, 7) is -0.0582. The van der Waals surface area contributed by atoms with Gasteiger partial charge in [-0.05, 0) is 30.3 Å². The number of carbonyl (C=O) groups excluding carboxylic acids is 1. The molecule has 0 spiro atoms. The number of methoxy groups -OCH3 is 2. The second kappa shape index (κ2) is 9.07. The van der Waals surface area contributed by atoms with E-state index in [0.717, 1.165) is 0 Å². The highest BCUT2D eigenvalue weighted by Gasteiger charge is 2.17. The summed E-state index contributed by atoms with van der Waals surface area (Å²) < 4.78 is 37.3. The zero-order valence-electron chi connectivity index (χ0n) is 15.0. The normalized spacial score (nSPS) is 10.7. The molecule has 0 heterocycles. The van der Waals surface area contributed by atoms with Gasteiger partial charge in [-0.15, -0.1) is 6.42 Å². The van der Waals surface area contributed by atoms with Gasteiger partial charge in [-0.25, -0.2) is 13.1 Å². The predicted octanol–water partition coefficient (Wildman–Crippen LogP) is 1.99. The third-order valence-corrected chi connectivity index (χ3v) is 5.08. The molecule has 0 aliphatic rings. The summed E-state index contributed by atoms with van der Waals surface area (Å²) >= 11 is 0. The molecule has 2 aromatic rings. The van der Waals surface area contributed by atoms with Crippen LogP contribution in [0, 0.1) is 12.3 Å². The molecule has 0 saturated heterocycles. The van der Waals surface area contributed by atoms with Crippen molar-refractivity contribution in [2.75, 3.05) is 26.1 Å². The molecule has 0 atom stereocenters. The van der Waals surface area contributed by atoms with Crippen LogP contribution in [-0.2, 0) is 14.8 Å².